The van der Waals surface area contributed by atoms with E-state index in [4.69, 9.17) is 27.9 Å². The molecule has 3 nitrogen and oxygen atoms in total. The maximum Gasteiger partial charge on any atom is 0.164 e. The van der Waals surface area contributed by atoms with E-state index < -0.39 is 5.92 Å². The average Bonchev–Trinajstić information content (AvgIpc) is 2.55. The molecule has 0 N–H and O–H groups in total. The van der Waals surface area contributed by atoms with Crippen LogP contribution in [0.25, 0.3) is 0 Å². The third-order valence-corrected chi connectivity index (χ3v) is 4.13. The summed E-state index contributed by atoms with van der Waals surface area (Å²) in [4.78, 5) is 12.4. The predicted molar refractivity (Wildman–Crippen MR) is 86.8 cm³/mol. The van der Waals surface area contributed by atoms with Gasteiger partial charge in [0.1, 0.15) is 5.75 Å². The Kier molecular flexibility index (Phi) is 5.43. The molecule has 112 valence electrons. The van der Waals surface area contributed by atoms with Crippen molar-refractivity contribution < 1.29 is 9.53 Å². The van der Waals surface area contributed by atoms with Crippen LogP contribution in [0, 0.1) is 11.3 Å². The summed E-state index contributed by atoms with van der Waals surface area (Å²) >= 11 is 12.1. The van der Waals surface area contributed by atoms with Crippen LogP contribution in [0.3, 0.4) is 0 Å². The number of hydrogen-bond acceptors (Lipinski definition) is 3. The molecule has 0 aromatic heterocycles. The Morgan fingerprint density at radius 3 is 2.68 bits per heavy atom. The van der Waals surface area contributed by atoms with Gasteiger partial charge in [-0.15, -0.1) is 0 Å². The molecule has 2 aromatic carbocycles. The molecule has 0 amide bonds. The third-order valence-electron chi connectivity index (χ3n) is 3.29. The first-order valence-corrected chi connectivity index (χ1v) is 7.33. The zero-order valence-electron chi connectivity index (χ0n) is 11.8. The summed E-state index contributed by atoms with van der Waals surface area (Å²) in [6.07, 6.45) is 0.0315. The lowest BCUT2D eigenvalue weighted by Crippen LogP contribution is -2.07. The second-order valence-electron chi connectivity index (χ2n) is 4.68. The summed E-state index contributed by atoms with van der Waals surface area (Å²) < 4.78 is 5.10. The fraction of sp³-hybridized carbons (Fsp3) is 0.176. The van der Waals surface area contributed by atoms with Crippen LogP contribution in [-0.2, 0) is 0 Å². The van der Waals surface area contributed by atoms with Crippen LogP contribution >= 0.6 is 23.2 Å². The molecule has 0 saturated heterocycles. The van der Waals surface area contributed by atoms with Gasteiger partial charge in [0.05, 0.1) is 29.1 Å². The Labute approximate surface area is 139 Å². The molecule has 0 fully saturated rings. The number of halogens is 2. The number of carbonyl (C=O) groups is 1. The molecule has 0 spiro atoms. The molecule has 0 saturated carbocycles. The van der Waals surface area contributed by atoms with E-state index in [-0.39, 0.29) is 12.2 Å². The van der Waals surface area contributed by atoms with Crippen molar-refractivity contribution in [1.29, 1.82) is 5.26 Å². The lowest BCUT2D eigenvalue weighted by Gasteiger charge is -2.12. The lowest BCUT2D eigenvalue weighted by molar-refractivity contribution is 0.0978. The molecule has 0 heterocycles. The van der Waals surface area contributed by atoms with Gasteiger partial charge >= 0.3 is 0 Å². The highest BCUT2D eigenvalue weighted by atomic mass is 35.5. The maximum absolute atomic E-state index is 12.4. The van der Waals surface area contributed by atoms with Crippen molar-refractivity contribution in [3.8, 4) is 11.8 Å². The van der Waals surface area contributed by atoms with Gasteiger partial charge in [-0.25, -0.2) is 0 Å². The molecule has 0 radical (unpaired) electrons. The second kappa shape index (κ2) is 7.31. The van der Waals surface area contributed by atoms with Crippen LogP contribution in [-0.4, -0.2) is 12.9 Å². The van der Waals surface area contributed by atoms with Gasteiger partial charge in [-0.2, -0.15) is 5.26 Å². The monoisotopic (exact) mass is 333 g/mol. The van der Waals surface area contributed by atoms with Crippen LogP contribution in [0.4, 0.5) is 0 Å². The molecule has 5 heteroatoms. The molecule has 0 bridgehead atoms. The summed E-state index contributed by atoms with van der Waals surface area (Å²) in [5.74, 6) is -0.202. The number of ether oxygens (including phenoxy) is 1. The Hall–Kier alpha value is -2.02. The summed E-state index contributed by atoms with van der Waals surface area (Å²) in [5.41, 5.74) is 1.06. The van der Waals surface area contributed by atoms with Gasteiger partial charge in [0.25, 0.3) is 0 Å². The number of carbonyl (C=O) groups excluding carboxylic acids is 1. The second-order valence-corrected chi connectivity index (χ2v) is 5.47. The molecular formula is C17H13Cl2NO2. The molecule has 0 aliphatic heterocycles. The summed E-state index contributed by atoms with van der Waals surface area (Å²) in [7, 11) is 1.54. The van der Waals surface area contributed by atoms with Crippen molar-refractivity contribution in [2.45, 2.75) is 12.3 Å². The highest BCUT2D eigenvalue weighted by molar-refractivity contribution is 6.42. The van der Waals surface area contributed by atoms with Gasteiger partial charge < -0.3 is 4.74 Å². The van der Waals surface area contributed by atoms with Crippen molar-refractivity contribution in [2.75, 3.05) is 7.11 Å². The molecule has 22 heavy (non-hydrogen) atoms. The largest absolute Gasteiger partial charge is 0.497 e. The first-order valence-electron chi connectivity index (χ1n) is 6.57. The van der Waals surface area contributed by atoms with Gasteiger partial charge in [0, 0.05) is 12.0 Å². The van der Waals surface area contributed by atoms with Crippen molar-refractivity contribution in [3.63, 3.8) is 0 Å². The number of ketones is 1. The third kappa shape index (κ3) is 3.59. The van der Waals surface area contributed by atoms with E-state index in [9.17, 15) is 10.1 Å². The van der Waals surface area contributed by atoms with Crippen LogP contribution < -0.4 is 4.74 Å². The van der Waals surface area contributed by atoms with Crippen LogP contribution in [0.15, 0.2) is 42.5 Å². The Morgan fingerprint density at radius 2 is 2.00 bits per heavy atom. The highest BCUT2D eigenvalue weighted by Crippen LogP contribution is 2.33. The summed E-state index contributed by atoms with van der Waals surface area (Å²) in [6.45, 7) is 0. The Bertz CT molecular complexity index is 738. The van der Waals surface area contributed by atoms with E-state index in [2.05, 4.69) is 6.07 Å². The topological polar surface area (TPSA) is 50.1 Å². The quantitative estimate of drug-likeness (QED) is 0.732. The molecule has 2 rings (SSSR count). The zero-order chi connectivity index (χ0) is 16.1. The molecule has 1 atom stereocenters. The highest BCUT2D eigenvalue weighted by Gasteiger charge is 2.20. The van der Waals surface area contributed by atoms with Crippen LogP contribution in [0.5, 0.6) is 5.75 Å². The zero-order valence-corrected chi connectivity index (χ0v) is 13.4. The van der Waals surface area contributed by atoms with Crippen molar-refractivity contribution in [1.82, 2.24) is 0 Å². The molecule has 0 aliphatic carbocycles. The lowest BCUT2D eigenvalue weighted by atomic mass is 9.92. The van der Waals surface area contributed by atoms with Gasteiger partial charge in [-0.1, -0.05) is 47.5 Å². The normalized spacial score (nSPS) is 11.5. The standard InChI is InChI=1S/C17H13Cl2NO2/c1-22-13-5-2-4-11(8-13)16(21)9-12(10-20)14-6-3-7-15(18)17(14)19/h2-8,12H,9H2,1H3. The summed E-state index contributed by atoms with van der Waals surface area (Å²) in [6, 6.07) is 14.0. The predicted octanol–water partition coefficient (Wildman–Crippen LogP) is 4.88. The maximum atomic E-state index is 12.4. The number of methoxy groups -OCH3 is 1. The van der Waals surface area contributed by atoms with E-state index >= 15 is 0 Å². The van der Waals surface area contributed by atoms with Crippen molar-refractivity contribution >= 4 is 29.0 Å². The average molecular weight is 334 g/mol. The number of nitriles is 1. The number of hydrogen-bond donors (Lipinski definition) is 0. The van der Waals surface area contributed by atoms with E-state index in [0.717, 1.165) is 0 Å². The van der Waals surface area contributed by atoms with Gasteiger partial charge in [0.2, 0.25) is 0 Å². The fourth-order valence-corrected chi connectivity index (χ4v) is 2.55. The van der Waals surface area contributed by atoms with Gasteiger partial charge in [-0.3, -0.25) is 4.79 Å². The molecule has 2 aromatic rings. The molecule has 1 unspecified atom stereocenters. The van der Waals surface area contributed by atoms with E-state index in [1.54, 1.807) is 42.5 Å². The van der Waals surface area contributed by atoms with Gasteiger partial charge in [0.15, 0.2) is 5.78 Å². The van der Waals surface area contributed by atoms with Crippen molar-refractivity contribution in [2.24, 2.45) is 0 Å². The minimum atomic E-state index is -0.648. The summed E-state index contributed by atoms with van der Waals surface area (Å²) in [5, 5.41) is 10.0. The minimum Gasteiger partial charge on any atom is -0.497 e. The van der Waals surface area contributed by atoms with E-state index in [0.29, 0.717) is 26.9 Å². The number of nitrogens with zero attached hydrogens (tertiary/aromatic N) is 1. The number of Topliss-reactive ketones (excluding diaryl/α,β-unsaturated/α-hetero) is 1. The minimum absolute atomic E-state index is 0.0315. The number of benzene rings is 2. The van der Waals surface area contributed by atoms with Crippen LogP contribution in [0.1, 0.15) is 28.3 Å². The first kappa shape index (κ1) is 16.4. The Balaban J connectivity index is 2.25. The van der Waals surface area contributed by atoms with Crippen LogP contribution in [0.2, 0.25) is 10.0 Å². The van der Waals surface area contributed by atoms with Gasteiger partial charge in [-0.05, 0) is 23.8 Å². The van der Waals surface area contributed by atoms with E-state index in [1.165, 1.54) is 7.11 Å². The SMILES string of the molecule is COc1cccc(C(=O)CC(C#N)c2cccc(Cl)c2Cl)c1. The first-order chi connectivity index (χ1) is 10.6. The van der Waals surface area contributed by atoms with E-state index in [1.807, 2.05) is 0 Å². The number of rotatable bonds is 5. The van der Waals surface area contributed by atoms with Crippen molar-refractivity contribution in [3.05, 3.63) is 63.6 Å². The molecule has 0 aliphatic rings. The smallest absolute Gasteiger partial charge is 0.164 e. The fourth-order valence-electron chi connectivity index (χ4n) is 2.11. The Morgan fingerprint density at radius 1 is 1.27 bits per heavy atom. The molecular weight excluding hydrogens is 321 g/mol.